The molecule has 0 bridgehead atoms. The van der Waals surface area contributed by atoms with Crippen LogP contribution in [0, 0.1) is 17.8 Å². The van der Waals surface area contributed by atoms with Gasteiger partial charge in [-0.15, -0.1) is 0 Å². The average molecular weight is 409 g/mol. The molecule has 1 aromatic rings. The van der Waals surface area contributed by atoms with Gasteiger partial charge in [0, 0.05) is 38.1 Å². The van der Waals surface area contributed by atoms with E-state index in [0.29, 0.717) is 17.9 Å². The predicted octanol–water partition coefficient (Wildman–Crippen LogP) is 3.31. The van der Waals surface area contributed by atoms with Crippen molar-refractivity contribution in [3.63, 3.8) is 0 Å². The van der Waals surface area contributed by atoms with Crippen LogP contribution < -0.4 is 10.6 Å². The van der Waals surface area contributed by atoms with Crippen molar-refractivity contribution in [3.05, 3.63) is 35.4 Å². The normalized spacial score (nSPS) is 30.7. The molecule has 4 atom stereocenters. The summed E-state index contributed by atoms with van der Waals surface area (Å²) in [6.45, 7) is 5.59. The first-order chi connectivity index (χ1) is 14.7. The molecule has 30 heavy (non-hydrogen) atoms. The lowest BCUT2D eigenvalue weighted by Crippen LogP contribution is -2.45. The lowest BCUT2D eigenvalue weighted by Gasteiger charge is -2.26. The molecule has 5 nitrogen and oxygen atoms in total. The van der Waals surface area contributed by atoms with Crippen molar-refractivity contribution in [1.29, 1.82) is 0 Å². The van der Waals surface area contributed by atoms with Crippen molar-refractivity contribution in [2.45, 2.75) is 63.8 Å². The zero-order chi connectivity index (χ0) is 20.5. The number of hydrogen-bond donors (Lipinski definition) is 2. The Morgan fingerprint density at radius 3 is 2.83 bits per heavy atom. The molecule has 1 heterocycles. The molecule has 5 heteroatoms. The molecule has 4 aliphatic rings. The molecule has 1 aliphatic heterocycles. The van der Waals surface area contributed by atoms with E-state index in [1.54, 1.807) is 11.1 Å². The third-order valence-corrected chi connectivity index (χ3v) is 7.80. The molecule has 4 unspecified atom stereocenters. The summed E-state index contributed by atoms with van der Waals surface area (Å²) in [4.78, 5) is 19.9. The van der Waals surface area contributed by atoms with Crippen LogP contribution in [0.2, 0.25) is 0 Å². The number of carbonyl (C=O) groups excluding carboxylic acids is 1. The van der Waals surface area contributed by atoms with Gasteiger partial charge < -0.3 is 15.5 Å². The Balaban J connectivity index is 1.14. The van der Waals surface area contributed by atoms with Crippen LogP contribution in [0.4, 0.5) is 0 Å². The fourth-order valence-corrected chi connectivity index (χ4v) is 6.13. The van der Waals surface area contributed by atoms with Crippen LogP contribution >= 0.6 is 0 Å². The average Bonchev–Trinajstić information content (AvgIpc) is 3.10. The van der Waals surface area contributed by atoms with Gasteiger partial charge in [0.2, 0.25) is 5.91 Å². The van der Waals surface area contributed by atoms with Crippen molar-refractivity contribution >= 4 is 11.9 Å². The quantitative estimate of drug-likeness (QED) is 0.581. The van der Waals surface area contributed by atoms with Crippen LogP contribution in [-0.4, -0.2) is 49.0 Å². The predicted molar refractivity (Wildman–Crippen MR) is 121 cm³/mol. The van der Waals surface area contributed by atoms with Crippen molar-refractivity contribution in [3.8, 4) is 0 Å². The minimum atomic E-state index is 0.275. The number of rotatable bonds is 5. The van der Waals surface area contributed by atoms with E-state index in [9.17, 15) is 4.79 Å². The van der Waals surface area contributed by atoms with Crippen molar-refractivity contribution in [1.82, 2.24) is 15.5 Å². The van der Waals surface area contributed by atoms with E-state index in [1.807, 2.05) is 0 Å². The molecule has 0 radical (unpaired) electrons. The topological polar surface area (TPSA) is 56.7 Å². The zero-order valence-electron chi connectivity index (χ0n) is 18.3. The van der Waals surface area contributed by atoms with Gasteiger partial charge in [-0.3, -0.25) is 9.79 Å². The van der Waals surface area contributed by atoms with E-state index >= 15 is 0 Å². The number of benzene rings is 1. The van der Waals surface area contributed by atoms with Gasteiger partial charge >= 0.3 is 0 Å². The molecular formula is C25H36N4O. The van der Waals surface area contributed by atoms with E-state index in [4.69, 9.17) is 4.99 Å². The second kappa shape index (κ2) is 8.60. The maximum Gasteiger partial charge on any atom is 0.225 e. The molecule has 0 spiro atoms. The lowest BCUT2D eigenvalue weighted by molar-refractivity contribution is -0.135. The van der Waals surface area contributed by atoms with Gasteiger partial charge in [0.25, 0.3) is 0 Å². The Kier molecular flexibility index (Phi) is 5.70. The van der Waals surface area contributed by atoms with Crippen LogP contribution in [0.25, 0.3) is 0 Å². The third kappa shape index (κ3) is 3.95. The van der Waals surface area contributed by atoms with Crippen LogP contribution in [0.3, 0.4) is 0 Å². The molecule has 5 rings (SSSR count). The second-order valence-corrected chi connectivity index (χ2v) is 9.73. The first kappa shape index (κ1) is 19.9. The highest BCUT2D eigenvalue weighted by molar-refractivity contribution is 5.81. The highest BCUT2D eigenvalue weighted by Crippen LogP contribution is 2.61. The number of hydrogen-bond acceptors (Lipinski definition) is 2. The summed E-state index contributed by atoms with van der Waals surface area (Å²) in [6, 6.07) is 9.24. The van der Waals surface area contributed by atoms with Crippen molar-refractivity contribution in [2.24, 2.45) is 22.7 Å². The Labute approximate surface area is 180 Å². The highest BCUT2D eigenvalue weighted by Gasteiger charge is 2.55. The standard InChI is InChI=1S/C25H36N4O/c1-2-26-25(27-15-22-21-14-18-10-6-7-11-20(18)23(21)22)28-19-12-13-29(16-19)24(30)17-8-4-3-5-9-17/h6-7,10-11,17,19,21-23H,2-5,8-9,12-16H2,1H3,(H2,26,27,28). The maximum atomic E-state index is 12.8. The fourth-order valence-electron chi connectivity index (χ4n) is 6.13. The van der Waals surface area contributed by atoms with E-state index in [1.165, 1.54) is 25.7 Å². The maximum absolute atomic E-state index is 12.8. The van der Waals surface area contributed by atoms with E-state index in [0.717, 1.165) is 63.2 Å². The van der Waals surface area contributed by atoms with Crippen LogP contribution in [0.5, 0.6) is 0 Å². The number of aliphatic imine (C=N–C) groups is 1. The monoisotopic (exact) mass is 408 g/mol. The number of fused-ring (bicyclic) bond motifs is 3. The number of nitrogens with one attached hydrogen (secondary N) is 2. The van der Waals surface area contributed by atoms with Crippen LogP contribution in [0.1, 0.15) is 62.5 Å². The summed E-state index contributed by atoms with van der Waals surface area (Å²) in [6.07, 6.45) is 8.16. The molecule has 3 fully saturated rings. The molecule has 2 saturated carbocycles. The van der Waals surface area contributed by atoms with Crippen LogP contribution in [-0.2, 0) is 11.2 Å². The third-order valence-electron chi connectivity index (χ3n) is 7.80. The fraction of sp³-hybridized carbons (Fsp3) is 0.680. The summed E-state index contributed by atoms with van der Waals surface area (Å²) >= 11 is 0. The van der Waals surface area contributed by atoms with Crippen LogP contribution in [0.15, 0.2) is 29.3 Å². The van der Waals surface area contributed by atoms with Gasteiger partial charge in [-0.25, -0.2) is 0 Å². The SMILES string of the molecule is CCNC(=NCC1C2Cc3ccccc3C12)NC1CCN(C(=O)C2CCCCC2)C1. The van der Waals surface area contributed by atoms with E-state index in [2.05, 4.69) is 46.7 Å². The number of likely N-dealkylation sites (tertiary alicyclic amines) is 1. The summed E-state index contributed by atoms with van der Waals surface area (Å²) in [5, 5.41) is 7.04. The second-order valence-electron chi connectivity index (χ2n) is 9.73. The summed E-state index contributed by atoms with van der Waals surface area (Å²) in [7, 11) is 0. The van der Waals surface area contributed by atoms with Gasteiger partial charge in [0.05, 0.1) is 0 Å². The highest BCUT2D eigenvalue weighted by atomic mass is 16.2. The first-order valence-electron chi connectivity index (χ1n) is 12.2. The smallest absolute Gasteiger partial charge is 0.225 e. The first-order valence-corrected chi connectivity index (χ1v) is 12.2. The Morgan fingerprint density at radius 2 is 2.00 bits per heavy atom. The van der Waals surface area contributed by atoms with E-state index in [-0.39, 0.29) is 5.92 Å². The lowest BCUT2D eigenvalue weighted by atomic mass is 9.88. The van der Waals surface area contributed by atoms with Gasteiger partial charge in [-0.05, 0) is 61.5 Å². The summed E-state index contributed by atoms with van der Waals surface area (Å²) < 4.78 is 0. The Morgan fingerprint density at radius 1 is 1.17 bits per heavy atom. The van der Waals surface area contributed by atoms with Crippen molar-refractivity contribution in [2.75, 3.05) is 26.2 Å². The molecule has 1 aromatic carbocycles. The number of nitrogens with zero attached hydrogens (tertiary/aromatic N) is 2. The van der Waals surface area contributed by atoms with Gasteiger partial charge in [0.15, 0.2) is 5.96 Å². The molecule has 1 amide bonds. The van der Waals surface area contributed by atoms with Gasteiger partial charge in [-0.2, -0.15) is 0 Å². The molecule has 3 aliphatic carbocycles. The Bertz CT molecular complexity index is 800. The number of carbonyl (C=O) groups is 1. The van der Waals surface area contributed by atoms with Crippen molar-refractivity contribution < 1.29 is 4.79 Å². The zero-order valence-corrected chi connectivity index (χ0v) is 18.3. The largest absolute Gasteiger partial charge is 0.357 e. The Hall–Kier alpha value is -2.04. The van der Waals surface area contributed by atoms with E-state index < -0.39 is 0 Å². The number of amides is 1. The van der Waals surface area contributed by atoms with Gasteiger partial charge in [0.1, 0.15) is 0 Å². The number of guanidine groups is 1. The summed E-state index contributed by atoms with van der Waals surface area (Å²) in [5.41, 5.74) is 3.11. The molecule has 162 valence electrons. The molecule has 2 N–H and O–H groups in total. The molecular weight excluding hydrogens is 372 g/mol. The molecule has 1 saturated heterocycles. The summed E-state index contributed by atoms with van der Waals surface area (Å²) in [5.74, 6) is 3.81. The van der Waals surface area contributed by atoms with Gasteiger partial charge in [-0.1, -0.05) is 43.5 Å². The molecule has 0 aromatic heterocycles. The minimum Gasteiger partial charge on any atom is -0.357 e. The minimum absolute atomic E-state index is 0.275.